The van der Waals surface area contributed by atoms with E-state index in [1.807, 2.05) is 36.4 Å². The number of nitrogens with zero attached hydrogens (tertiary/aromatic N) is 3. The lowest BCUT2D eigenvalue weighted by Crippen LogP contribution is -2.46. The van der Waals surface area contributed by atoms with Gasteiger partial charge in [-0.05, 0) is 55.3 Å². The van der Waals surface area contributed by atoms with Crippen LogP contribution in [-0.2, 0) is 5.54 Å². The summed E-state index contributed by atoms with van der Waals surface area (Å²) in [6.07, 6.45) is 5.07. The molecule has 0 radical (unpaired) electrons. The zero-order chi connectivity index (χ0) is 20.8. The van der Waals surface area contributed by atoms with Crippen molar-refractivity contribution >= 4 is 11.7 Å². The van der Waals surface area contributed by atoms with Crippen LogP contribution in [0.3, 0.4) is 0 Å². The summed E-state index contributed by atoms with van der Waals surface area (Å²) < 4.78 is 5.77. The van der Waals surface area contributed by atoms with E-state index in [1.54, 1.807) is 36.5 Å². The van der Waals surface area contributed by atoms with Crippen molar-refractivity contribution < 1.29 is 9.53 Å². The summed E-state index contributed by atoms with van der Waals surface area (Å²) in [7, 11) is 0. The predicted molar refractivity (Wildman–Crippen MR) is 112 cm³/mol. The highest BCUT2D eigenvalue weighted by Gasteiger charge is 2.38. The Labute approximate surface area is 174 Å². The van der Waals surface area contributed by atoms with E-state index >= 15 is 0 Å². The van der Waals surface area contributed by atoms with E-state index in [4.69, 9.17) is 10.00 Å². The van der Waals surface area contributed by atoms with Gasteiger partial charge in [0, 0.05) is 11.9 Å². The number of aromatic nitrogens is 2. The fraction of sp³-hybridized carbons (Fsp3) is 0.217. The van der Waals surface area contributed by atoms with Crippen LogP contribution in [0.1, 0.15) is 37.2 Å². The molecule has 150 valence electrons. The van der Waals surface area contributed by atoms with Gasteiger partial charge in [-0.15, -0.1) is 0 Å². The van der Waals surface area contributed by atoms with E-state index in [-0.39, 0.29) is 11.9 Å². The number of benzene rings is 2. The van der Waals surface area contributed by atoms with Crippen molar-refractivity contribution in [3.8, 4) is 17.6 Å². The van der Waals surface area contributed by atoms with Crippen LogP contribution >= 0.6 is 0 Å². The molecule has 0 spiro atoms. The molecule has 1 aliphatic carbocycles. The maximum Gasteiger partial charge on any atom is 0.319 e. The zero-order valence-electron chi connectivity index (χ0n) is 16.3. The fourth-order valence-electron chi connectivity index (χ4n) is 3.71. The molecule has 7 nitrogen and oxygen atoms in total. The van der Waals surface area contributed by atoms with Gasteiger partial charge in [-0.3, -0.25) is 0 Å². The number of para-hydroxylation sites is 1. The number of hydrogen-bond donors (Lipinski definition) is 2. The first kappa shape index (κ1) is 19.4. The molecule has 30 heavy (non-hydrogen) atoms. The van der Waals surface area contributed by atoms with Crippen molar-refractivity contribution in [2.24, 2.45) is 0 Å². The molecule has 2 amide bonds. The highest BCUT2D eigenvalue weighted by atomic mass is 16.5. The van der Waals surface area contributed by atoms with E-state index in [9.17, 15) is 4.79 Å². The number of carbonyl (C=O) groups is 1. The summed E-state index contributed by atoms with van der Waals surface area (Å²) in [5, 5.41) is 15.0. The van der Waals surface area contributed by atoms with Crippen LogP contribution in [0.5, 0.6) is 11.5 Å². The van der Waals surface area contributed by atoms with Gasteiger partial charge >= 0.3 is 6.03 Å². The molecule has 1 fully saturated rings. The largest absolute Gasteiger partial charge is 0.457 e. The van der Waals surface area contributed by atoms with Crippen LogP contribution in [0.2, 0.25) is 0 Å². The molecule has 1 heterocycles. The minimum atomic E-state index is -0.588. The maximum atomic E-state index is 12.7. The lowest BCUT2D eigenvalue weighted by Gasteiger charge is -2.29. The smallest absolute Gasteiger partial charge is 0.319 e. The summed E-state index contributed by atoms with van der Waals surface area (Å²) in [5.41, 5.74) is 0.740. The second-order valence-corrected chi connectivity index (χ2v) is 7.19. The predicted octanol–water partition coefficient (Wildman–Crippen LogP) is 4.73. The van der Waals surface area contributed by atoms with Gasteiger partial charge in [0.25, 0.3) is 0 Å². The van der Waals surface area contributed by atoms with Gasteiger partial charge in [-0.2, -0.15) is 5.26 Å². The van der Waals surface area contributed by atoms with Crippen LogP contribution in [0, 0.1) is 11.3 Å². The summed E-state index contributed by atoms with van der Waals surface area (Å²) in [4.78, 5) is 21.0. The molecule has 0 aliphatic heterocycles. The van der Waals surface area contributed by atoms with E-state index in [0.29, 0.717) is 17.1 Å². The summed E-state index contributed by atoms with van der Waals surface area (Å²) in [5.74, 6) is 1.54. The molecule has 0 atom stereocenters. The molecule has 4 rings (SSSR count). The average Bonchev–Trinajstić information content (AvgIpc) is 3.25. The minimum absolute atomic E-state index is 0.106. The number of ether oxygens (including phenoxy) is 1. The molecular formula is C23H21N5O2. The van der Waals surface area contributed by atoms with Gasteiger partial charge in [-0.1, -0.05) is 31.0 Å². The van der Waals surface area contributed by atoms with Crippen molar-refractivity contribution in [3.63, 3.8) is 0 Å². The van der Waals surface area contributed by atoms with Crippen LogP contribution in [0.25, 0.3) is 0 Å². The Balaban J connectivity index is 1.43. The SMILES string of the molecule is N#Cc1nccc(C2(NC(=O)Nc3ccc(Oc4ccccc4)cc3)CCCC2)n1. The lowest BCUT2D eigenvalue weighted by molar-refractivity contribution is 0.235. The Bertz CT molecular complexity index is 1050. The van der Waals surface area contributed by atoms with Crippen molar-refractivity contribution in [2.45, 2.75) is 31.2 Å². The van der Waals surface area contributed by atoms with Crippen LogP contribution in [0.15, 0.2) is 66.9 Å². The molecule has 0 bridgehead atoms. The van der Waals surface area contributed by atoms with Crippen LogP contribution in [0.4, 0.5) is 10.5 Å². The Morgan fingerprint density at radius 3 is 2.40 bits per heavy atom. The summed E-state index contributed by atoms with van der Waals surface area (Å²) in [6.45, 7) is 0. The first-order valence-corrected chi connectivity index (χ1v) is 9.83. The third kappa shape index (κ3) is 4.39. The molecular weight excluding hydrogens is 378 g/mol. The molecule has 1 aliphatic rings. The molecule has 1 aromatic heterocycles. The first-order valence-electron chi connectivity index (χ1n) is 9.83. The van der Waals surface area contributed by atoms with Gasteiger partial charge in [0.2, 0.25) is 5.82 Å². The molecule has 7 heteroatoms. The van der Waals surface area contributed by atoms with E-state index < -0.39 is 5.54 Å². The normalized spacial score (nSPS) is 14.5. The van der Waals surface area contributed by atoms with Crippen molar-refractivity contribution in [2.75, 3.05) is 5.32 Å². The lowest BCUT2D eigenvalue weighted by atomic mass is 9.93. The molecule has 0 saturated heterocycles. The highest BCUT2D eigenvalue weighted by Crippen LogP contribution is 2.37. The number of anilines is 1. The zero-order valence-corrected chi connectivity index (χ0v) is 16.3. The fourth-order valence-corrected chi connectivity index (χ4v) is 3.71. The Kier molecular flexibility index (Phi) is 5.57. The Hall–Kier alpha value is -3.92. The van der Waals surface area contributed by atoms with Gasteiger partial charge in [0.15, 0.2) is 0 Å². The first-order chi connectivity index (χ1) is 14.7. The molecule has 3 aromatic rings. The molecule has 2 aromatic carbocycles. The second kappa shape index (κ2) is 8.62. The van der Waals surface area contributed by atoms with Crippen LogP contribution in [-0.4, -0.2) is 16.0 Å². The van der Waals surface area contributed by atoms with Crippen molar-refractivity contribution in [1.29, 1.82) is 5.26 Å². The van der Waals surface area contributed by atoms with E-state index in [1.165, 1.54) is 0 Å². The molecule has 1 saturated carbocycles. The third-order valence-electron chi connectivity index (χ3n) is 5.15. The molecule has 0 unspecified atom stereocenters. The van der Waals surface area contributed by atoms with Gasteiger partial charge in [-0.25, -0.2) is 14.8 Å². The number of rotatable bonds is 5. The number of amides is 2. The maximum absolute atomic E-state index is 12.7. The quantitative estimate of drug-likeness (QED) is 0.646. The van der Waals surface area contributed by atoms with Crippen molar-refractivity contribution in [1.82, 2.24) is 15.3 Å². The number of hydrogen-bond acceptors (Lipinski definition) is 5. The number of urea groups is 1. The van der Waals surface area contributed by atoms with Gasteiger partial charge in [0.1, 0.15) is 17.6 Å². The third-order valence-corrected chi connectivity index (χ3v) is 5.15. The number of carbonyl (C=O) groups excluding carboxylic acids is 1. The highest BCUT2D eigenvalue weighted by molar-refractivity contribution is 5.90. The van der Waals surface area contributed by atoms with Gasteiger partial charge in [0.05, 0.1) is 11.2 Å². The minimum Gasteiger partial charge on any atom is -0.457 e. The monoisotopic (exact) mass is 399 g/mol. The second-order valence-electron chi connectivity index (χ2n) is 7.19. The average molecular weight is 399 g/mol. The topological polar surface area (TPSA) is 99.9 Å². The van der Waals surface area contributed by atoms with E-state index in [0.717, 1.165) is 31.4 Å². The van der Waals surface area contributed by atoms with Gasteiger partial charge < -0.3 is 15.4 Å². The molecule has 2 N–H and O–H groups in total. The Morgan fingerprint density at radius 2 is 1.70 bits per heavy atom. The number of nitrogens with one attached hydrogen (secondary N) is 2. The van der Waals surface area contributed by atoms with Crippen molar-refractivity contribution in [3.05, 3.63) is 78.4 Å². The summed E-state index contributed by atoms with van der Waals surface area (Å²) in [6, 6.07) is 20.1. The van der Waals surface area contributed by atoms with E-state index in [2.05, 4.69) is 20.6 Å². The Morgan fingerprint density at radius 1 is 1.00 bits per heavy atom. The number of nitriles is 1. The van der Waals surface area contributed by atoms with Crippen LogP contribution < -0.4 is 15.4 Å². The standard InChI is InChI=1S/C23H21N5O2/c24-16-21-25-15-12-20(27-21)23(13-4-5-14-23)28-22(29)26-17-8-10-19(11-9-17)30-18-6-2-1-3-7-18/h1-3,6-12,15H,4-5,13-14H2,(H2,26,28,29). The summed E-state index contributed by atoms with van der Waals surface area (Å²) >= 11 is 0.